The van der Waals surface area contributed by atoms with Crippen LogP contribution in [0.15, 0.2) is 24.3 Å². The van der Waals surface area contributed by atoms with E-state index in [-0.39, 0.29) is 0 Å². The fraction of sp³-hybridized carbons (Fsp3) is 0.182. The SMILES string of the molecule is C#CC(=O)Nc1cccc(OCCN)c1. The maximum atomic E-state index is 10.9. The van der Waals surface area contributed by atoms with Crippen LogP contribution in [-0.4, -0.2) is 19.1 Å². The number of carbonyl (C=O) groups excluding carboxylic acids is 1. The molecule has 0 atom stereocenters. The average Bonchev–Trinajstić information content (AvgIpc) is 2.26. The Balaban J connectivity index is 2.66. The summed E-state index contributed by atoms with van der Waals surface area (Å²) in [5.74, 6) is 2.13. The standard InChI is InChI=1S/C11H12N2O2/c1-2-11(14)13-9-4-3-5-10(8-9)15-7-6-12/h1,3-5,8H,6-7,12H2,(H,13,14). The van der Waals surface area contributed by atoms with E-state index in [9.17, 15) is 4.79 Å². The molecule has 0 saturated carbocycles. The minimum absolute atomic E-state index is 0.437. The van der Waals surface area contributed by atoms with Crippen LogP contribution in [0.5, 0.6) is 5.75 Å². The molecule has 78 valence electrons. The Morgan fingerprint density at radius 3 is 3.07 bits per heavy atom. The molecule has 0 aliphatic rings. The molecule has 0 spiro atoms. The Hall–Kier alpha value is -1.99. The maximum Gasteiger partial charge on any atom is 0.300 e. The van der Waals surface area contributed by atoms with Gasteiger partial charge in [0.25, 0.3) is 5.91 Å². The summed E-state index contributed by atoms with van der Waals surface area (Å²) in [5.41, 5.74) is 5.90. The van der Waals surface area contributed by atoms with Gasteiger partial charge in [-0.2, -0.15) is 0 Å². The highest BCUT2D eigenvalue weighted by atomic mass is 16.5. The average molecular weight is 204 g/mol. The lowest BCUT2D eigenvalue weighted by Gasteiger charge is -2.06. The van der Waals surface area contributed by atoms with Crippen molar-refractivity contribution in [2.24, 2.45) is 5.73 Å². The zero-order valence-electron chi connectivity index (χ0n) is 8.19. The molecule has 1 aromatic carbocycles. The summed E-state index contributed by atoms with van der Waals surface area (Å²) < 4.78 is 5.28. The highest BCUT2D eigenvalue weighted by molar-refractivity contribution is 6.03. The van der Waals surface area contributed by atoms with Crippen LogP contribution in [0, 0.1) is 12.3 Å². The zero-order chi connectivity index (χ0) is 11.1. The lowest BCUT2D eigenvalue weighted by atomic mass is 10.3. The van der Waals surface area contributed by atoms with Crippen molar-refractivity contribution < 1.29 is 9.53 Å². The smallest absolute Gasteiger partial charge is 0.300 e. The van der Waals surface area contributed by atoms with E-state index in [2.05, 4.69) is 5.32 Å². The first-order chi connectivity index (χ1) is 7.26. The number of amides is 1. The molecule has 0 unspecified atom stereocenters. The topological polar surface area (TPSA) is 64.3 Å². The second kappa shape index (κ2) is 5.68. The molecule has 15 heavy (non-hydrogen) atoms. The molecular formula is C11H12N2O2. The summed E-state index contributed by atoms with van der Waals surface area (Å²) in [5, 5.41) is 2.52. The van der Waals surface area contributed by atoms with Gasteiger partial charge < -0.3 is 15.8 Å². The molecule has 0 bridgehead atoms. The number of nitrogens with two attached hydrogens (primary N) is 1. The number of hydrogen-bond donors (Lipinski definition) is 2. The van der Waals surface area contributed by atoms with Gasteiger partial charge in [-0.1, -0.05) is 6.07 Å². The number of hydrogen-bond acceptors (Lipinski definition) is 3. The molecule has 1 amide bonds. The van der Waals surface area contributed by atoms with Crippen molar-refractivity contribution in [3.63, 3.8) is 0 Å². The molecular weight excluding hydrogens is 192 g/mol. The molecule has 4 heteroatoms. The van der Waals surface area contributed by atoms with Crippen LogP contribution in [0.25, 0.3) is 0 Å². The van der Waals surface area contributed by atoms with E-state index in [0.29, 0.717) is 24.6 Å². The second-order valence-corrected chi connectivity index (χ2v) is 2.76. The van der Waals surface area contributed by atoms with Crippen LogP contribution in [-0.2, 0) is 4.79 Å². The molecule has 0 aliphatic heterocycles. The summed E-state index contributed by atoms with van der Waals surface area (Å²) in [7, 11) is 0. The number of rotatable bonds is 4. The van der Waals surface area contributed by atoms with Crippen molar-refractivity contribution in [2.75, 3.05) is 18.5 Å². The van der Waals surface area contributed by atoms with Crippen molar-refractivity contribution in [3.05, 3.63) is 24.3 Å². The Bertz CT molecular complexity index is 382. The van der Waals surface area contributed by atoms with Gasteiger partial charge in [-0.25, -0.2) is 0 Å². The Morgan fingerprint density at radius 2 is 2.40 bits per heavy atom. The minimum Gasteiger partial charge on any atom is -0.492 e. The maximum absolute atomic E-state index is 10.9. The van der Waals surface area contributed by atoms with Gasteiger partial charge in [-0.3, -0.25) is 4.79 Å². The Labute approximate surface area is 88.4 Å². The first kappa shape index (κ1) is 11.1. The van der Waals surface area contributed by atoms with E-state index < -0.39 is 5.91 Å². The summed E-state index contributed by atoms with van der Waals surface area (Å²) >= 11 is 0. The van der Waals surface area contributed by atoms with Crippen molar-refractivity contribution in [3.8, 4) is 18.1 Å². The van der Waals surface area contributed by atoms with Crippen molar-refractivity contribution in [1.82, 2.24) is 0 Å². The number of carbonyl (C=O) groups is 1. The summed E-state index contributed by atoms with van der Waals surface area (Å²) in [6, 6.07) is 6.95. The number of ether oxygens (including phenoxy) is 1. The van der Waals surface area contributed by atoms with Gasteiger partial charge in [0.05, 0.1) is 0 Å². The predicted molar refractivity (Wildman–Crippen MR) is 58.5 cm³/mol. The number of benzene rings is 1. The van der Waals surface area contributed by atoms with Crippen molar-refractivity contribution in [1.29, 1.82) is 0 Å². The number of nitrogens with one attached hydrogen (secondary N) is 1. The normalized spacial score (nSPS) is 9.07. The molecule has 0 saturated heterocycles. The first-order valence-corrected chi connectivity index (χ1v) is 4.47. The van der Waals surface area contributed by atoms with Gasteiger partial charge in [-0.15, -0.1) is 6.42 Å². The van der Waals surface area contributed by atoms with E-state index in [1.54, 1.807) is 24.3 Å². The summed E-state index contributed by atoms with van der Waals surface area (Å²) in [4.78, 5) is 10.9. The molecule has 1 aromatic rings. The fourth-order valence-corrected chi connectivity index (χ4v) is 1.01. The van der Waals surface area contributed by atoms with Crippen LogP contribution in [0.1, 0.15) is 0 Å². The van der Waals surface area contributed by atoms with Gasteiger partial charge in [0.15, 0.2) is 0 Å². The van der Waals surface area contributed by atoms with E-state index in [1.807, 2.05) is 5.92 Å². The lowest BCUT2D eigenvalue weighted by Crippen LogP contribution is -2.11. The van der Waals surface area contributed by atoms with Crippen molar-refractivity contribution >= 4 is 11.6 Å². The van der Waals surface area contributed by atoms with E-state index >= 15 is 0 Å². The molecule has 3 N–H and O–H groups in total. The lowest BCUT2D eigenvalue weighted by molar-refractivity contribution is -0.111. The van der Waals surface area contributed by atoms with Crippen LogP contribution in [0.4, 0.5) is 5.69 Å². The Morgan fingerprint density at radius 1 is 1.60 bits per heavy atom. The van der Waals surface area contributed by atoms with E-state index in [0.717, 1.165) is 0 Å². The summed E-state index contributed by atoms with van der Waals surface area (Å²) in [6.07, 6.45) is 4.93. The number of anilines is 1. The Kier molecular flexibility index (Phi) is 4.20. The van der Waals surface area contributed by atoms with Crippen LogP contribution in [0.3, 0.4) is 0 Å². The molecule has 0 fully saturated rings. The minimum atomic E-state index is -0.481. The second-order valence-electron chi connectivity index (χ2n) is 2.76. The number of terminal acetylenes is 1. The largest absolute Gasteiger partial charge is 0.492 e. The van der Waals surface area contributed by atoms with Gasteiger partial charge in [0.1, 0.15) is 12.4 Å². The third kappa shape index (κ3) is 3.71. The molecule has 4 nitrogen and oxygen atoms in total. The highest BCUT2D eigenvalue weighted by Gasteiger charge is 1.99. The third-order valence-electron chi connectivity index (χ3n) is 1.61. The monoisotopic (exact) mass is 204 g/mol. The fourth-order valence-electron chi connectivity index (χ4n) is 1.01. The van der Waals surface area contributed by atoms with Crippen LogP contribution < -0.4 is 15.8 Å². The molecule has 0 radical (unpaired) electrons. The molecule has 0 aliphatic carbocycles. The predicted octanol–water partition coefficient (Wildman–Crippen LogP) is 0.596. The van der Waals surface area contributed by atoms with Gasteiger partial charge >= 0.3 is 0 Å². The van der Waals surface area contributed by atoms with E-state index in [1.165, 1.54) is 0 Å². The van der Waals surface area contributed by atoms with Gasteiger partial charge in [-0.05, 0) is 18.1 Å². The van der Waals surface area contributed by atoms with Crippen LogP contribution >= 0.6 is 0 Å². The van der Waals surface area contributed by atoms with Gasteiger partial charge in [0, 0.05) is 18.3 Å². The highest BCUT2D eigenvalue weighted by Crippen LogP contribution is 2.16. The molecule has 0 heterocycles. The molecule has 1 rings (SSSR count). The van der Waals surface area contributed by atoms with Gasteiger partial charge in [0.2, 0.25) is 0 Å². The van der Waals surface area contributed by atoms with Crippen LogP contribution in [0.2, 0.25) is 0 Å². The summed E-state index contributed by atoms with van der Waals surface area (Å²) in [6.45, 7) is 0.882. The first-order valence-electron chi connectivity index (χ1n) is 4.47. The van der Waals surface area contributed by atoms with E-state index in [4.69, 9.17) is 16.9 Å². The third-order valence-corrected chi connectivity index (χ3v) is 1.61. The zero-order valence-corrected chi connectivity index (χ0v) is 8.19. The molecule has 0 aromatic heterocycles. The van der Waals surface area contributed by atoms with Crippen molar-refractivity contribution in [2.45, 2.75) is 0 Å². The quantitative estimate of drug-likeness (QED) is 0.706.